The number of nitrogens with zero attached hydrogens (tertiary/aromatic N) is 1. The number of carboxylic acid groups (broad SMARTS) is 1. The van der Waals surface area contributed by atoms with E-state index in [4.69, 9.17) is 10.4 Å². The highest BCUT2D eigenvalue weighted by molar-refractivity contribution is 7.99. The summed E-state index contributed by atoms with van der Waals surface area (Å²) in [6.45, 7) is 0. The van der Waals surface area contributed by atoms with E-state index in [-0.39, 0.29) is 5.92 Å². The van der Waals surface area contributed by atoms with Crippen LogP contribution in [-0.2, 0) is 4.79 Å². The van der Waals surface area contributed by atoms with E-state index in [2.05, 4.69) is 6.07 Å². The lowest BCUT2D eigenvalue weighted by molar-refractivity contribution is -0.143. The Kier molecular flexibility index (Phi) is 3.42. The lowest BCUT2D eigenvalue weighted by Gasteiger charge is -2.12. The maximum absolute atomic E-state index is 10.7. The predicted molar refractivity (Wildman–Crippen MR) is 46.8 cm³/mol. The lowest BCUT2D eigenvalue weighted by atomic mass is 9.89. The molecular formula is C8H11NO2S. The molecule has 4 heteroatoms. The molecule has 0 bridgehead atoms. The van der Waals surface area contributed by atoms with Crippen LogP contribution in [0.3, 0.4) is 0 Å². The molecule has 1 fully saturated rings. The van der Waals surface area contributed by atoms with Gasteiger partial charge in [0.25, 0.3) is 0 Å². The van der Waals surface area contributed by atoms with Crippen LogP contribution in [0.1, 0.15) is 12.8 Å². The predicted octanol–water partition coefficient (Wildman–Crippen LogP) is 1.35. The zero-order chi connectivity index (χ0) is 8.97. The molecule has 2 atom stereocenters. The fourth-order valence-corrected chi connectivity index (χ4v) is 2.42. The van der Waals surface area contributed by atoms with Crippen LogP contribution in [0.25, 0.3) is 0 Å². The SMILES string of the molecule is N#C[C@H]1CCSCC[C@H]1C(=O)O. The van der Waals surface area contributed by atoms with Crippen molar-refractivity contribution in [1.29, 1.82) is 5.26 Å². The van der Waals surface area contributed by atoms with Crippen molar-refractivity contribution in [3.05, 3.63) is 0 Å². The highest BCUT2D eigenvalue weighted by Gasteiger charge is 2.29. The molecule has 0 amide bonds. The average molecular weight is 185 g/mol. The topological polar surface area (TPSA) is 61.1 Å². The number of hydrogen-bond donors (Lipinski definition) is 1. The Bertz CT molecular complexity index is 212. The third kappa shape index (κ3) is 2.15. The molecule has 66 valence electrons. The molecule has 1 rings (SSSR count). The fourth-order valence-electron chi connectivity index (χ4n) is 1.38. The standard InChI is InChI=1S/C8H11NO2S/c9-5-6-1-3-12-4-2-7(6)8(10)11/h6-7H,1-4H2,(H,10,11)/t6-,7-/m1/s1. The van der Waals surface area contributed by atoms with Gasteiger partial charge in [-0.1, -0.05) is 0 Å². The first-order valence-electron chi connectivity index (χ1n) is 3.96. The van der Waals surface area contributed by atoms with E-state index < -0.39 is 11.9 Å². The van der Waals surface area contributed by atoms with Gasteiger partial charge in [-0.15, -0.1) is 0 Å². The van der Waals surface area contributed by atoms with E-state index in [1.54, 1.807) is 11.8 Å². The molecule has 12 heavy (non-hydrogen) atoms. The van der Waals surface area contributed by atoms with E-state index in [1.165, 1.54) is 0 Å². The number of carboxylic acids is 1. The second-order valence-corrected chi connectivity index (χ2v) is 4.09. The lowest BCUT2D eigenvalue weighted by Crippen LogP contribution is -2.22. The van der Waals surface area contributed by atoms with Crippen LogP contribution < -0.4 is 0 Å². The van der Waals surface area contributed by atoms with Gasteiger partial charge >= 0.3 is 5.97 Å². The summed E-state index contributed by atoms with van der Waals surface area (Å²) in [5.41, 5.74) is 0. The Labute approximate surface area is 75.8 Å². The highest BCUT2D eigenvalue weighted by atomic mass is 32.2. The molecule has 0 radical (unpaired) electrons. The zero-order valence-corrected chi connectivity index (χ0v) is 7.51. The van der Waals surface area contributed by atoms with Gasteiger partial charge in [-0.25, -0.2) is 0 Å². The molecule has 0 aromatic carbocycles. The number of carbonyl (C=O) groups is 1. The van der Waals surface area contributed by atoms with Crippen LogP contribution in [0.4, 0.5) is 0 Å². The molecule has 0 aromatic rings. The monoisotopic (exact) mass is 185 g/mol. The quantitative estimate of drug-likeness (QED) is 0.670. The van der Waals surface area contributed by atoms with Crippen molar-refractivity contribution in [2.45, 2.75) is 12.8 Å². The van der Waals surface area contributed by atoms with Gasteiger partial charge < -0.3 is 5.11 Å². The van der Waals surface area contributed by atoms with Gasteiger partial charge in [0.05, 0.1) is 17.9 Å². The minimum atomic E-state index is -0.816. The Morgan fingerprint density at radius 3 is 2.75 bits per heavy atom. The van der Waals surface area contributed by atoms with E-state index in [9.17, 15) is 4.79 Å². The van der Waals surface area contributed by atoms with E-state index in [0.717, 1.165) is 17.9 Å². The highest BCUT2D eigenvalue weighted by Crippen LogP contribution is 2.27. The average Bonchev–Trinajstić information content (AvgIpc) is 2.27. The molecule has 3 nitrogen and oxygen atoms in total. The van der Waals surface area contributed by atoms with Crippen LogP contribution in [0, 0.1) is 23.2 Å². The number of nitriles is 1. The first-order chi connectivity index (χ1) is 5.75. The van der Waals surface area contributed by atoms with E-state index >= 15 is 0 Å². The van der Waals surface area contributed by atoms with Gasteiger partial charge in [-0.05, 0) is 24.3 Å². The molecule has 1 saturated heterocycles. The molecule has 1 heterocycles. The summed E-state index contributed by atoms with van der Waals surface area (Å²) in [6, 6.07) is 2.08. The van der Waals surface area contributed by atoms with E-state index in [1.807, 2.05) is 0 Å². The number of aliphatic carboxylic acids is 1. The zero-order valence-electron chi connectivity index (χ0n) is 6.69. The number of thioether (sulfide) groups is 1. The maximum Gasteiger partial charge on any atom is 0.307 e. The Balaban J connectivity index is 2.65. The minimum absolute atomic E-state index is 0.280. The molecule has 0 spiro atoms. The first-order valence-corrected chi connectivity index (χ1v) is 5.11. The molecular weight excluding hydrogens is 174 g/mol. The van der Waals surface area contributed by atoms with Gasteiger partial charge in [0.2, 0.25) is 0 Å². The second kappa shape index (κ2) is 4.36. The second-order valence-electron chi connectivity index (χ2n) is 2.87. The van der Waals surface area contributed by atoms with Crippen molar-refractivity contribution in [2.75, 3.05) is 11.5 Å². The summed E-state index contributed by atoms with van der Waals surface area (Å²) in [7, 11) is 0. The third-order valence-corrected chi connectivity index (χ3v) is 3.16. The first kappa shape index (κ1) is 9.40. The summed E-state index contributed by atoms with van der Waals surface area (Å²) in [4.78, 5) is 10.7. The van der Waals surface area contributed by atoms with Crippen LogP contribution in [0.5, 0.6) is 0 Å². The normalized spacial score (nSPS) is 30.2. The van der Waals surface area contributed by atoms with Crippen molar-refractivity contribution in [2.24, 2.45) is 11.8 Å². The molecule has 0 aromatic heterocycles. The van der Waals surface area contributed by atoms with Gasteiger partial charge in [0, 0.05) is 0 Å². The van der Waals surface area contributed by atoms with Gasteiger partial charge in [-0.2, -0.15) is 17.0 Å². The van der Waals surface area contributed by atoms with Crippen LogP contribution >= 0.6 is 11.8 Å². The van der Waals surface area contributed by atoms with Crippen molar-refractivity contribution < 1.29 is 9.90 Å². The Morgan fingerprint density at radius 2 is 2.17 bits per heavy atom. The van der Waals surface area contributed by atoms with Crippen molar-refractivity contribution in [3.63, 3.8) is 0 Å². The minimum Gasteiger partial charge on any atom is -0.481 e. The summed E-state index contributed by atoms with van der Waals surface area (Å²) in [6.07, 6.45) is 1.36. The van der Waals surface area contributed by atoms with Crippen LogP contribution in [-0.4, -0.2) is 22.6 Å². The molecule has 0 aliphatic carbocycles. The molecule has 1 N–H and O–H groups in total. The molecule has 1 aliphatic heterocycles. The summed E-state index contributed by atoms with van der Waals surface area (Å²) >= 11 is 1.74. The van der Waals surface area contributed by atoms with Crippen molar-refractivity contribution in [3.8, 4) is 6.07 Å². The number of hydrogen-bond acceptors (Lipinski definition) is 3. The molecule has 0 saturated carbocycles. The summed E-state index contributed by atoms with van der Waals surface area (Å²) in [5, 5.41) is 17.5. The maximum atomic E-state index is 10.7. The van der Waals surface area contributed by atoms with Gasteiger partial charge in [-0.3, -0.25) is 4.79 Å². The Morgan fingerprint density at radius 1 is 1.50 bits per heavy atom. The molecule has 0 unspecified atom stereocenters. The Hall–Kier alpha value is -0.690. The fraction of sp³-hybridized carbons (Fsp3) is 0.750. The summed E-state index contributed by atoms with van der Waals surface area (Å²) in [5.74, 6) is 0.253. The van der Waals surface area contributed by atoms with Gasteiger partial charge in [0.15, 0.2) is 0 Å². The van der Waals surface area contributed by atoms with Crippen molar-refractivity contribution >= 4 is 17.7 Å². The third-order valence-electron chi connectivity index (χ3n) is 2.12. The van der Waals surface area contributed by atoms with Crippen molar-refractivity contribution in [1.82, 2.24) is 0 Å². The van der Waals surface area contributed by atoms with Gasteiger partial charge in [0.1, 0.15) is 0 Å². The van der Waals surface area contributed by atoms with Crippen LogP contribution in [0.2, 0.25) is 0 Å². The number of rotatable bonds is 1. The van der Waals surface area contributed by atoms with Crippen LogP contribution in [0.15, 0.2) is 0 Å². The molecule has 1 aliphatic rings. The largest absolute Gasteiger partial charge is 0.481 e. The smallest absolute Gasteiger partial charge is 0.307 e. The van der Waals surface area contributed by atoms with E-state index in [0.29, 0.717) is 6.42 Å². The summed E-state index contributed by atoms with van der Waals surface area (Å²) < 4.78 is 0.